The summed E-state index contributed by atoms with van der Waals surface area (Å²) in [6.07, 6.45) is 4.58. The molecule has 0 aliphatic carbocycles. The number of nitrogens with zero attached hydrogens (tertiary/aromatic N) is 4. The van der Waals surface area contributed by atoms with E-state index in [1.807, 2.05) is 19.1 Å². The van der Waals surface area contributed by atoms with Crippen LogP contribution in [0.5, 0.6) is 0 Å². The van der Waals surface area contributed by atoms with Gasteiger partial charge >= 0.3 is 0 Å². The highest BCUT2D eigenvalue weighted by atomic mass is 35.5. The SMILES string of the molecule is CC1(O)CC(Cc2ccc(Cl)cc2)N(C2CCN(C3=NN=C(N)C3)CC2)C1. The molecule has 3 N–H and O–H groups in total. The number of benzene rings is 1. The van der Waals surface area contributed by atoms with E-state index >= 15 is 0 Å². The Kier molecular flexibility index (Phi) is 5.14. The molecule has 7 heteroatoms. The van der Waals surface area contributed by atoms with Gasteiger partial charge in [0.1, 0.15) is 11.7 Å². The van der Waals surface area contributed by atoms with Crippen molar-refractivity contribution in [2.45, 2.75) is 56.7 Å². The van der Waals surface area contributed by atoms with Crippen LogP contribution in [0.15, 0.2) is 34.5 Å². The van der Waals surface area contributed by atoms with Gasteiger partial charge in [-0.05, 0) is 50.3 Å². The van der Waals surface area contributed by atoms with Crippen molar-refractivity contribution in [1.29, 1.82) is 0 Å². The number of halogens is 1. The topological polar surface area (TPSA) is 77.5 Å². The Labute approximate surface area is 165 Å². The van der Waals surface area contributed by atoms with Crippen molar-refractivity contribution in [3.63, 3.8) is 0 Å². The Balaban J connectivity index is 1.39. The lowest BCUT2D eigenvalue weighted by molar-refractivity contribution is 0.0544. The third-order valence-electron chi connectivity index (χ3n) is 5.98. The van der Waals surface area contributed by atoms with E-state index in [0.29, 0.717) is 24.3 Å². The van der Waals surface area contributed by atoms with E-state index in [1.165, 1.54) is 5.56 Å². The van der Waals surface area contributed by atoms with Crippen molar-refractivity contribution in [2.24, 2.45) is 15.9 Å². The smallest absolute Gasteiger partial charge is 0.135 e. The van der Waals surface area contributed by atoms with Crippen LogP contribution in [0, 0.1) is 0 Å². The number of rotatable bonds is 3. The van der Waals surface area contributed by atoms with E-state index in [0.717, 1.165) is 56.2 Å². The molecular formula is C20H28ClN5O. The molecule has 1 aromatic carbocycles. The molecule has 27 heavy (non-hydrogen) atoms. The van der Waals surface area contributed by atoms with E-state index in [-0.39, 0.29) is 0 Å². The zero-order valence-electron chi connectivity index (χ0n) is 15.8. The quantitative estimate of drug-likeness (QED) is 0.831. The van der Waals surface area contributed by atoms with E-state index in [1.54, 1.807) is 0 Å². The molecule has 2 unspecified atom stereocenters. The molecule has 0 spiro atoms. The zero-order valence-corrected chi connectivity index (χ0v) is 16.6. The minimum atomic E-state index is -0.619. The van der Waals surface area contributed by atoms with E-state index in [9.17, 15) is 5.11 Å². The molecule has 3 heterocycles. The predicted octanol–water partition coefficient (Wildman–Crippen LogP) is 2.25. The van der Waals surface area contributed by atoms with Gasteiger partial charge in [0.15, 0.2) is 0 Å². The number of aliphatic hydroxyl groups is 1. The Bertz CT molecular complexity index is 737. The Morgan fingerprint density at radius 1 is 1.22 bits per heavy atom. The van der Waals surface area contributed by atoms with Crippen LogP contribution in [0.2, 0.25) is 5.02 Å². The number of likely N-dealkylation sites (tertiary alicyclic amines) is 2. The second-order valence-electron chi connectivity index (χ2n) is 8.36. The molecule has 0 radical (unpaired) electrons. The van der Waals surface area contributed by atoms with Crippen LogP contribution in [-0.4, -0.2) is 63.9 Å². The van der Waals surface area contributed by atoms with E-state index < -0.39 is 5.60 Å². The molecule has 0 saturated carbocycles. The largest absolute Gasteiger partial charge is 0.389 e. The Morgan fingerprint density at radius 3 is 2.56 bits per heavy atom. The fourth-order valence-electron chi connectivity index (χ4n) is 4.71. The fourth-order valence-corrected chi connectivity index (χ4v) is 4.83. The van der Waals surface area contributed by atoms with Crippen LogP contribution in [0.3, 0.4) is 0 Å². The summed E-state index contributed by atoms with van der Waals surface area (Å²) in [5.41, 5.74) is 6.41. The van der Waals surface area contributed by atoms with Crippen LogP contribution in [0.1, 0.15) is 38.2 Å². The third-order valence-corrected chi connectivity index (χ3v) is 6.24. The number of piperidine rings is 1. The summed E-state index contributed by atoms with van der Waals surface area (Å²) >= 11 is 6.02. The van der Waals surface area contributed by atoms with Crippen LogP contribution < -0.4 is 5.73 Å². The molecule has 0 aromatic heterocycles. The summed E-state index contributed by atoms with van der Waals surface area (Å²) in [5.74, 6) is 1.60. The van der Waals surface area contributed by atoms with Gasteiger partial charge in [0.2, 0.25) is 0 Å². The van der Waals surface area contributed by atoms with Gasteiger partial charge < -0.3 is 15.7 Å². The molecule has 3 aliphatic heterocycles. The second kappa shape index (κ2) is 7.41. The van der Waals surface area contributed by atoms with E-state index in [2.05, 4.69) is 32.1 Å². The summed E-state index contributed by atoms with van der Waals surface area (Å²) < 4.78 is 0. The van der Waals surface area contributed by atoms with Crippen LogP contribution in [0.4, 0.5) is 0 Å². The molecule has 1 aromatic rings. The molecule has 3 aliphatic rings. The summed E-state index contributed by atoms with van der Waals surface area (Å²) in [7, 11) is 0. The molecule has 4 rings (SSSR count). The highest BCUT2D eigenvalue weighted by molar-refractivity contribution is 6.30. The van der Waals surface area contributed by atoms with Crippen LogP contribution in [0.25, 0.3) is 0 Å². The van der Waals surface area contributed by atoms with Crippen molar-refractivity contribution >= 4 is 23.3 Å². The van der Waals surface area contributed by atoms with E-state index in [4.69, 9.17) is 17.3 Å². The fraction of sp³-hybridized carbons (Fsp3) is 0.600. The molecule has 0 bridgehead atoms. The molecule has 146 valence electrons. The Morgan fingerprint density at radius 2 is 1.93 bits per heavy atom. The molecule has 2 saturated heterocycles. The number of amidine groups is 2. The van der Waals surface area contributed by atoms with Crippen molar-refractivity contribution < 1.29 is 5.11 Å². The molecule has 6 nitrogen and oxygen atoms in total. The van der Waals surface area contributed by atoms with Gasteiger partial charge in [0, 0.05) is 36.7 Å². The van der Waals surface area contributed by atoms with Gasteiger partial charge in [-0.3, -0.25) is 4.90 Å². The lowest BCUT2D eigenvalue weighted by Gasteiger charge is -2.40. The minimum absolute atomic E-state index is 0.362. The number of nitrogens with two attached hydrogens (primary N) is 1. The third kappa shape index (κ3) is 4.28. The predicted molar refractivity (Wildman–Crippen MR) is 109 cm³/mol. The molecule has 2 fully saturated rings. The maximum Gasteiger partial charge on any atom is 0.135 e. The first-order chi connectivity index (χ1) is 12.9. The first kappa shape index (κ1) is 18.7. The summed E-state index contributed by atoms with van der Waals surface area (Å²) in [5, 5.41) is 19.7. The van der Waals surface area contributed by atoms with Gasteiger partial charge in [-0.1, -0.05) is 23.7 Å². The normalized spacial score (nSPS) is 29.9. The van der Waals surface area contributed by atoms with Gasteiger partial charge in [0.05, 0.1) is 12.0 Å². The zero-order chi connectivity index (χ0) is 19.0. The maximum atomic E-state index is 10.7. The van der Waals surface area contributed by atoms with Crippen LogP contribution in [-0.2, 0) is 6.42 Å². The lowest BCUT2D eigenvalue weighted by atomic mass is 9.97. The summed E-state index contributed by atoms with van der Waals surface area (Å²) in [6, 6.07) is 8.94. The van der Waals surface area contributed by atoms with Crippen molar-refractivity contribution in [3.8, 4) is 0 Å². The highest BCUT2D eigenvalue weighted by Crippen LogP contribution is 2.34. The first-order valence-corrected chi connectivity index (χ1v) is 10.1. The van der Waals surface area contributed by atoms with Crippen molar-refractivity contribution in [3.05, 3.63) is 34.9 Å². The summed E-state index contributed by atoms with van der Waals surface area (Å²) in [6.45, 7) is 4.65. The molecule has 2 atom stereocenters. The standard InChI is InChI=1S/C20H28ClN5O/c1-20(27)12-17(10-14-2-4-15(21)5-3-14)26(13-20)16-6-8-25(9-7-16)19-11-18(22)23-24-19/h2-5,16-17,27H,6-13H2,1H3,(H2,22,23). The van der Waals surface area contributed by atoms with Gasteiger partial charge in [-0.2, -0.15) is 0 Å². The maximum absolute atomic E-state index is 10.7. The first-order valence-electron chi connectivity index (χ1n) is 9.76. The average molecular weight is 390 g/mol. The monoisotopic (exact) mass is 389 g/mol. The summed E-state index contributed by atoms with van der Waals surface area (Å²) in [4.78, 5) is 4.84. The van der Waals surface area contributed by atoms with Gasteiger partial charge in [-0.25, -0.2) is 0 Å². The average Bonchev–Trinajstić information content (AvgIpc) is 3.20. The number of hydrogen-bond donors (Lipinski definition) is 2. The molecular weight excluding hydrogens is 362 g/mol. The highest BCUT2D eigenvalue weighted by Gasteiger charge is 2.43. The van der Waals surface area contributed by atoms with Crippen molar-refractivity contribution in [1.82, 2.24) is 9.80 Å². The second-order valence-corrected chi connectivity index (χ2v) is 8.80. The molecule has 0 amide bonds. The number of hydrogen-bond acceptors (Lipinski definition) is 6. The van der Waals surface area contributed by atoms with Crippen molar-refractivity contribution in [2.75, 3.05) is 19.6 Å². The van der Waals surface area contributed by atoms with Gasteiger partial charge in [-0.15, -0.1) is 10.2 Å². The van der Waals surface area contributed by atoms with Crippen LogP contribution >= 0.6 is 11.6 Å². The van der Waals surface area contributed by atoms with Gasteiger partial charge in [0.25, 0.3) is 0 Å². The Hall–Kier alpha value is -1.63. The lowest BCUT2D eigenvalue weighted by Crippen LogP contribution is -2.49. The minimum Gasteiger partial charge on any atom is -0.389 e. The number of β-amino-alcohol motifs (C(OH)–C–C–N with tert-alkyl or cyclic N) is 1.